The Morgan fingerprint density at radius 2 is 1.42 bits per heavy atom. The summed E-state index contributed by atoms with van der Waals surface area (Å²) >= 11 is 1.64. The Hall–Kier alpha value is -2.98. The quantitative estimate of drug-likeness (QED) is 0.567. The number of hydrogen-bond acceptors (Lipinski definition) is 4. The smallest absolute Gasteiger partial charge is 0.221 e. The summed E-state index contributed by atoms with van der Waals surface area (Å²) in [6.45, 7) is 0. The highest BCUT2D eigenvalue weighted by molar-refractivity contribution is 7.08. The van der Waals surface area contributed by atoms with Gasteiger partial charge in [-0.05, 0) is 28.6 Å². The predicted octanol–water partition coefficient (Wildman–Crippen LogP) is 5.12. The van der Waals surface area contributed by atoms with Crippen LogP contribution in [0.3, 0.4) is 0 Å². The van der Waals surface area contributed by atoms with E-state index in [1.165, 1.54) is 0 Å². The molecule has 0 fully saturated rings. The van der Waals surface area contributed by atoms with E-state index in [9.17, 15) is 0 Å². The van der Waals surface area contributed by atoms with Crippen molar-refractivity contribution >= 4 is 17.3 Å². The van der Waals surface area contributed by atoms with Crippen LogP contribution in [-0.2, 0) is 0 Å². The van der Waals surface area contributed by atoms with Gasteiger partial charge < -0.3 is 5.73 Å². The van der Waals surface area contributed by atoms with E-state index in [-0.39, 0.29) is 5.95 Å². The van der Waals surface area contributed by atoms with Crippen molar-refractivity contribution in [3.8, 4) is 33.6 Å². The number of anilines is 1. The van der Waals surface area contributed by atoms with Gasteiger partial charge in [-0.2, -0.15) is 11.3 Å². The van der Waals surface area contributed by atoms with Crippen molar-refractivity contribution in [2.24, 2.45) is 0 Å². The topological polar surface area (TPSA) is 51.8 Å². The number of thiophene rings is 1. The zero-order chi connectivity index (χ0) is 16.4. The molecule has 0 aliphatic rings. The summed E-state index contributed by atoms with van der Waals surface area (Å²) in [5.41, 5.74) is 12.1. The maximum atomic E-state index is 5.97. The van der Waals surface area contributed by atoms with Crippen molar-refractivity contribution in [1.29, 1.82) is 0 Å². The van der Waals surface area contributed by atoms with Crippen molar-refractivity contribution in [2.75, 3.05) is 5.73 Å². The van der Waals surface area contributed by atoms with Crippen molar-refractivity contribution in [3.05, 3.63) is 77.5 Å². The summed E-state index contributed by atoms with van der Waals surface area (Å²) < 4.78 is 0. The van der Waals surface area contributed by atoms with E-state index < -0.39 is 0 Å². The Kier molecular flexibility index (Phi) is 3.81. The highest BCUT2D eigenvalue weighted by Crippen LogP contribution is 2.33. The average molecular weight is 329 g/mol. The molecule has 0 radical (unpaired) electrons. The van der Waals surface area contributed by atoms with Crippen LogP contribution in [0.2, 0.25) is 0 Å². The van der Waals surface area contributed by atoms with Crippen LogP contribution in [0.1, 0.15) is 0 Å². The minimum atomic E-state index is 0.288. The third-order valence-electron chi connectivity index (χ3n) is 3.85. The van der Waals surface area contributed by atoms with Crippen LogP contribution in [-0.4, -0.2) is 9.97 Å². The van der Waals surface area contributed by atoms with Gasteiger partial charge in [0, 0.05) is 16.5 Å². The van der Waals surface area contributed by atoms with Crippen LogP contribution < -0.4 is 5.73 Å². The Labute approximate surface area is 144 Å². The molecule has 0 bridgehead atoms. The van der Waals surface area contributed by atoms with E-state index in [0.29, 0.717) is 0 Å². The number of nitrogens with zero attached hydrogens (tertiary/aromatic N) is 2. The van der Waals surface area contributed by atoms with E-state index >= 15 is 0 Å². The largest absolute Gasteiger partial charge is 0.368 e. The van der Waals surface area contributed by atoms with Crippen molar-refractivity contribution in [2.45, 2.75) is 0 Å². The molecule has 0 amide bonds. The number of rotatable bonds is 3. The fourth-order valence-corrected chi connectivity index (χ4v) is 3.39. The normalized spacial score (nSPS) is 10.7. The van der Waals surface area contributed by atoms with Gasteiger partial charge in [-0.15, -0.1) is 0 Å². The second-order valence-corrected chi connectivity index (χ2v) is 6.20. The van der Waals surface area contributed by atoms with Crippen LogP contribution in [0, 0.1) is 0 Å². The Morgan fingerprint density at radius 3 is 2.17 bits per heavy atom. The lowest BCUT2D eigenvalue weighted by Gasteiger charge is -2.11. The summed E-state index contributed by atoms with van der Waals surface area (Å²) in [6.07, 6.45) is 0. The van der Waals surface area contributed by atoms with Gasteiger partial charge in [0.05, 0.1) is 11.4 Å². The van der Waals surface area contributed by atoms with Crippen LogP contribution >= 0.6 is 11.3 Å². The monoisotopic (exact) mass is 329 g/mol. The first kappa shape index (κ1) is 14.6. The zero-order valence-electron chi connectivity index (χ0n) is 12.9. The first-order chi connectivity index (χ1) is 11.8. The maximum absolute atomic E-state index is 5.97. The minimum Gasteiger partial charge on any atom is -0.368 e. The summed E-state index contributed by atoms with van der Waals surface area (Å²) in [4.78, 5) is 8.85. The van der Waals surface area contributed by atoms with Gasteiger partial charge in [-0.3, -0.25) is 0 Å². The number of aromatic nitrogens is 2. The minimum absolute atomic E-state index is 0.288. The molecule has 116 valence electrons. The van der Waals surface area contributed by atoms with Gasteiger partial charge in [-0.25, -0.2) is 9.97 Å². The molecule has 2 N–H and O–H groups in total. The van der Waals surface area contributed by atoms with Crippen molar-refractivity contribution in [3.63, 3.8) is 0 Å². The molecule has 2 aromatic carbocycles. The lowest BCUT2D eigenvalue weighted by molar-refractivity contribution is 1.19. The average Bonchev–Trinajstić information content (AvgIpc) is 3.17. The summed E-state index contributed by atoms with van der Waals surface area (Å²) in [5, 5.41) is 4.10. The SMILES string of the molecule is Nc1nc(-c2ccsc2)cc(-c2ccccc2-c2ccccc2)n1. The van der Waals surface area contributed by atoms with Crippen LogP contribution in [0.5, 0.6) is 0 Å². The fourth-order valence-electron chi connectivity index (χ4n) is 2.74. The highest BCUT2D eigenvalue weighted by Gasteiger charge is 2.11. The molecular weight excluding hydrogens is 314 g/mol. The summed E-state index contributed by atoms with van der Waals surface area (Å²) in [5.74, 6) is 0.288. The molecule has 4 aromatic rings. The van der Waals surface area contributed by atoms with E-state index in [0.717, 1.165) is 33.6 Å². The molecule has 0 saturated heterocycles. The Morgan fingerprint density at radius 1 is 0.708 bits per heavy atom. The van der Waals surface area contributed by atoms with Gasteiger partial charge in [-0.1, -0.05) is 54.6 Å². The maximum Gasteiger partial charge on any atom is 0.221 e. The molecule has 2 heterocycles. The molecular formula is C20H15N3S. The third kappa shape index (κ3) is 2.79. The lowest BCUT2D eigenvalue weighted by atomic mass is 9.97. The molecule has 24 heavy (non-hydrogen) atoms. The molecule has 4 rings (SSSR count). The first-order valence-corrected chi connectivity index (χ1v) is 8.57. The van der Waals surface area contributed by atoms with Crippen LogP contribution in [0.4, 0.5) is 5.95 Å². The van der Waals surface area contributed by atoms with Crippen LogP contribution in [0.25, 0.3) is 33.6 Å². The van der Waals surface area contributed by atoms with E-state index in [2.05, 4.69) is 39.6 Å². The van der Waals surface area contributed by atoms with Gasteiger partial charge >= 0.3 is 0 Å². The van der Waals surface area contributed by atoms with Crippen molar-refractivity contribution in [1.82, 2.24) is 9.97 Å². The number of hydrogen-bond donors (Lipinski definition) is 1. The molecule has 3 nitrogen and oxygen atoms in total. The highest BCUT2D eigenvalue weighted by atomic mass is 32.1. The third-order valence-corrected chi connectivity index (χ3v) is 4.53. The van der Waals surface area contributed by atoms with Gasteiger partial charge in [0.15, 0.2) is 0 Å². The summed E-state index contributed by atoms with van der Waals surface area (Å²) in [7, 11) is 0. The predicted molar refractivity (Wildman–Crippen MR) is 101 cm³/mol. The van der Waals surface area contributed by atoms with E-state index in [4.69, 9.17) is 5.73 Å². The molecule has 0 unspecified atom stereocenters. The molecule has 0 saturated carbocycles. The first-order valence-electron chi connectivity index (χ1n) is 7.63. The van der Waals surface area contributed by atoms with Gasteiger partial charge in [0.2, 0.25) is 5.95 Å². The zero-order valence-corrected chi connectivity index (χ0v) is 13.7. The molecule has 2 aromatic heterocycles. The molecule has 0 aliphatic carbocycles. The fraction of sp³-hybridized carbons (Fsp3) is 0. The molecule has 0 spiro atoms. The van der Waals surface area contributed by atoms with E-state index in [1.807, 2.05) is 47.8 Å². The molecule has 0 aliphatic heterocycles. The second-order valence-electron chi connectivity index (χ2n) is 5.42. The number of nitrogens with two attached hydrogens (primary N) is 1. The van der Waals surface area contributed by atoms with E-state index in [1.54, 1.807) is 11.3 Å². The standard InChI is InChI=1S/C20H15N3S/c21-20-22-18(15-10-11-24-13-15)12-19(23-20)17-9-5-4-8-16(17)14-6-2-1-3-7-14/h1-13H,(H2,21,22,23). The molecule has 4 heteroatoms. The number of benzene rings is 2. The van der Waals surface area contributed by atoms with Crippen molar-refractivity contribution < 1.29 is 0 Å². The second kappa shape index (κ2) is 6.26. The Bertz CT molecular complexity index is 963. The number of nitrogen functional groups attached to an aromatic ring is 1. The van der Waals surface area contributed by atoms with Crippen LogP contribution in [0.15, 0.2) is 77.5 Å². The molecule has 0 atom stereocenters. The Balaban J connectivity index is 1.89. The summed E-state index contributed by atoms with van der Waals surface area (Å²) in [6, 6.07) is 22.6. The lowest BCUT2D eigenvalue weighted by Crippen LogP contribution is -1.99. The van der Waals surface area contributed by atoms with Gasteiger partial charge in [0.1, 0.15) is 0 Å². The van der Waals surface area contributed by atoms with Gasteiger partial charge in [0.25, 0.3) is 0 Å².